The van der Waals surface area contributed by atoms with Gasteiger partial charge in [0.25, 0.3) is 0 Å². The molecule has 2 rings (SSSR count). The van der Waals surface area contributed by atoms with E-state index in [1.54, 1.807) is 0 Å². The average molecular weight is 372 g/mol. The van der Waals surface area contributed by atoms with Crippen LogP contribution in [-0.4, -0.2) is 41.5 Å². The molecule has 0 saturated carbocycles. The number of aromatic nitrogens is 2. The first kappa shape index (κ1) is 20.8. The molecule has 0 amide bonds. The highest BCUT2D eigenvalue weighted by molar-refractivity contribution is 5.80. The largest absolute Gasteiger partial charge is 0.492 e. The number of aryl methyl sites for hydroxylation is 3. The highest BCUT2D eigenvalue weighted by Crippen LogP contribution is 2.14. The van der Waals surface area contributed by atoms with Crippen molar-refractivity contribution in [1.29, 1.82) is 0 Å². The normalized spacial score (nSPS) is 12.7. The zero-order valence-electron chi connectivity index (χ0n) is 17.5. The van der Waals surface area contributed by atoms with E-state index in [1.165, 1.54) is 16.8 Å². The Bertz CT molecular complexity index is 766. The highest BCUT2D eigenvalue weighted by Gasteiger charge is 2.13. The molecule has 148 valence electrons. The van der Waals surface area contributed by atoms with Crippen molar-refractivity contribution in [2.45, 2.75) is 47.1 Å². The average Bonchev–Trinajstić information content (AvgIpc) is 2.85. The lowest BCUT2D eigenvalue weighted by molar-refractivity contribution is 0.328. The Morgan fingerprint density at radius 1 is 1.30 bits per heavy atom. The lowest BCUT2D eigenvalue weighted by Crippen LogP contribution is -2.43. The zero-order valence-corrected chi connectivity index (χ0v) is 17.5. The molecular weight excluding hydrogens is 338 g/mol. The number of hydrogen-bond acceptors (Lipinski definition) is 3. The van der Waals surface area contributed by atoms with Crippen molar-refractivity contribution in [3.8, 4) is 5.75 Å². The molecule has 6 nitrogen and oxygen atoms in total. The number of rotatable bonds is 8. The fraction of sp³-hybridized carbons (Fsp3) is 0.524. The first-order valence-electron chi connectivity index (χ1n) is 9.64. The number of nitrogens with zero attached hydrogens (tertiary/aromatic N) is 3. The van der Waals surface area contributed by atoms with Crippen molar-refractivity contribution in [3.05, 3.63) is 46.8 Å². The fourth-order valence-corrected chi connectivity index (χ4v) is 3.05. The molecule has 0 aliphatic heterocycles. The third-order valence-corrected chi connectivity index (χ3v) is 4.52. The van der Waals surface area contributed by atoms with E-state index >= 15 is 0 Å². The number of nitrogens with one attached hydrogen (secondary N) is 2. The molecule has 1 aromatic heterocycles. The van der Waals surface area contributed by atoms with E-state index in [1.807, 2.05) is 29.9 Å². The molecule has 0 fully saturated rings. The Morgan fingerprint density at radius 3 is 2.70 bits per heavy atom. The van der Waals surface area contributed by atoms with Gasteiger partial charge in [0.05, 0.1) is 12.2 Å². The second-order valence-electron chi connectivity index (χ2n) is 6.95. The van der Waals surface area contributed by atoms with Crippen LogP contribution in [0.2, 0.25) is 0 Å². The summed E-state index contributed by atoms with van der Waals surface area (Å²) in [5.41, 5.74) is 4.81. The van der Waals surface area contributed by atoms with E-state index < -0.39 is 0 Å². The Balaban J connectivity index is 1.88. The molecule has 0 bridgehead atoms. The van der Waals surface area contributed by atoms with Gasteiger partial charge in [-0.2, -0.15) is 5.10 Å². The predicted molar refractivity (Wildman–Crippen MR) is 112 cm³/mol. The molecule has 1 atom stereocenters. The van der Waals surface area contributed by atoms with Gasteiger partial charge in [-0.1, -0.05) is 12.1 Å². The molecule has 2 N–H and O–H groups in total. The molecule has 1 aromatic carbocycles. The van der Waals surface area contributed by atoms with Crippen molar-refractivity contribution in [1.82, 2.24) is 20.4 Å². The SMILES string of the molecule is CCNC(=NCCOc1cccc(C)c1)NC(C)Cc1c(C)nn(C)c1C. The van der Waals surface area contributed by atoms with Crippen molar-refractivity contribution in [2.24, 2.45) is 12.0 Å². The number of ether oxygens (including phenoxy) is 1. The molecule has 6 heteroatoms. The van der Waals surface area contributed by atoms with E-state index in [-0.39, 0.29) is 6.04 Å². The molecule has 0 aliphatic rings. The summed E-state index contributed by atoms with van der Waals surface area (Å²) in [5, 5.41) is 11.3. The van der Waals surface area contributed by atoms with Gasteiger partial charge in [0.2, 0.25) is 0 Å². The third-order valence-electron chi connectivity index (χ3n) is 4.52. The van der Waals surface area contributed by atoms with Crippen LogP contribution in [0.3, 0.4) is 0 Å². The molecule has 27 heavy (non-hydrogen) atoms. The monoisotopic (exact) mass is 371 g/mol. The topological polar surface area (TPSA) is 63.5 Å². The van der Waals surface area contributed by atoms with E-state index in [0.717, 1.165) is 30.4 Å². The molecule has 0 radical (unpaired) electrons. The summed E-state index contributed by atoms with van der Waals surface area (Å²) in [6, 6.07) is 8.32. The van der Waals surface area contributed by atoms with Crippen LogP contribution in [0.1, 0.15) is 36.4 Å². The van der Waals surface area contributed by atoms with E-state index in [0.29, 0.717) is 13.2 Å². The smallest absolute Gasteiger partial charge is 0.191 e. The fourth-order valence-electron chi connectivity index (χ4n) is 3.05. The predicted octanol–water partition coefficient (Wildman–Crippen LogP) is 2.91. The van der Waals surface area contributed by atoms with Crippen LogP contribution < -0.4 is 15.4 Å². The second kappa shape index (κ2) is 10.00. The molecule has 1 unspecified atom stereocenters. The Morgan fingerprint density at radius 2 is 2.07 bits per heavy atom. The zero-order chi connectivity index (χ0) is 19.8. The Labute approximate surface area is 163 Å². The van der Waals surface area contributed by atoms with Crippen LogP contribution in [0, 0.1) is 20.8 Å². The summed E-state index contributed by atoms with van der Waals surface area (Å²) >= 11 is 0. The summed E-state index contributed by atoms with van der Waals surface area (Å²) in [7, 11) is 1.99. The van der Waals surface area contributed by atoms with Gasteiger partial charge in [0.15, 0.2) is 5.96 Å². The number of benzene rings is 1. The number of guanidine groups is 1. The van der Waals surface area contributed by atoms with Gasteiger partial charge in [-0.15, -0.1) is 0 Å². The maximum Gasteiger partial charge on any atom is 0.191 e. The first-order chi connectivity index (χ1) is 12.9. The minimum atomic E-state index is 0.252. The van der Waals surface area contributed by atoms with E-state index in [2.05, 4.69) is 61.4 Å². The molecule has 2 aromatic rings. The van der Waals surface area contributed by atoms with Crippen LogP contribution in [0.15, 0.2) is 29.3 Å². The van der Waals surface area contributed by atoms with Gasteiger partial charge >= 0.3 is 0 Å². The number of aliphatic imine (C=N–C) groups is 1. The minimum absolute atomic E-state index is 0.252. The van der Waals surface area contributed by atoms with Gasteiger partial charge < -0.3 is 15.4 Å². The lowest BCUT2D eigenvalue weighted by Gasteiger charge is -2.18. The van der Waals surface area contributed by atoms with Crippen LogP contribution in [0.4, 0.5) is 0 Å². The van der Waals surface area contributed by atoms with Crippen LogP contribution in [0.25, 0.3) is 0 Å². The van der Waals surface area contributed by atoms with Crippen LogP contribution >= 0.6 is 0 Å². The van der Waals surface area contributed by atoms with Crippen molar-refractivity contribution in [3.63, 3.8) is 0 Å². The highest BCUT2D eigenvalue weighted by atomic mass is 16.5. The second-order valence-corrected chi connectivity index (χ2v) is 6.95. The molecular formula is C21H33N5O. The van der Waals surface area contributed by atoms with Crippen LogP contribution in [-0.2, 0) is 13.5 Å². The first-order valence-corrected chi connectivity index (χ1v) is 9.64. The van der Waals surface area contributed by atoms with E-state index in [9.17, 15) is 0 Å². The Kier molecular flexibility index (Phi) is 7.70. The maximum atomic E-state index is 5.78. The van der Waals surface area contributed by atoms with Crippen molar-refractivity contribution in [2.75, 3.05) is 19.7 Å². The van der Waals surface area contributed by atoms with Crippen molar-refractivity contribution >= 4 is 5.96 Å². The summed E-state index contributed by atoms with van der Waals surface area (Å²) in [5.74, 6) is 1.70. The molecule has 0 aliphatic carbocycles. The molecule has 1 heterocycles. The number of hydrogen-bond donors (Lipinski definition) is 2. The summed E-state index contributed by atoms with van der Waals surface area (Å²) < 4.78 is 7.72. The summed E-state index contributed by atoms with van der Waals surface area (Å²) in [6.07, 6.45) is 0.912. The van der Waals surface area contributed by atoms with Gasteiger partial charge in [0.1, 0.15) is 12.4 Å². The molecule has 0 spiro atoms. The minimum Gasteiger partial charge on any atom is -0.492 e. The van der Waals surface area contributed by atoms with E-state index in [4.69, 9.17) is 4.74 Å². The van der Waals surface area contributed by atoms with Gasteiger partial charge in [-0.3, -0.25) is 4.68 Å². The standard InChI is InChI=1S/C21H33N5O/c1-7-22-21(23-11-12-27-19-10-8-9-15(2)13-19)24-16(3)14-20-17(4)25-26(6)18(20)5/h8-10,13,16H,7,11-12,14H2,1-6H3,(H2,22,23,24). The summed E-state index contributed by atoms with van der Waals surface area (Å²) in [6.45, 7) is 12.5. The summed E-state index contributed by atoms with van der Waals surface area (Å²) in [4.78, 5) is 4.63. The van der Waals surface area contributed by atoms with Gasteiger partial charge in [-0.25, -0.2) is 4.99 Å². The van der Waals surface area contributed by atoms with Crippen LogP contribution in [0.5, 0.6) is 5.75 Å². The Hall–Kier alpha value is -2.50. The van der Waals surface area contributed by atoms with Crippen molar-refractivity contribution < 1.29 is 4.74 Å². The third kappa shape index (κ3) is 6.31. The van der Waals surface area contributed by atoms with Gasteiger partial charge in [-0.05, 0) is 64.3 Å². The molecule has 0 saturated heterocycles. The van der Waals surface area contributed by atoms with Gasteiger partial charge in [0, 0.05) is 25.3 Å². The lowest BCUT2D eigenvalue weighted by atomic mass is 10.1. The maximum absolute atomic E-state index is 5.78. The quantitative estimate of drug-likeness (QED) is 0.425.